The van der Waals surface area contributed by atoms with Gasteiger partial charge in [-0.1, -0.05) is 76.6 Å². The van der Waals surface area contributed by atoms with Gasteiger partial charge in [-0.2, -0.15) is 13.2 Å². The highest BCUT2D eigenvalue weighted by Gasteiger charge is 2.63. The van der Waals surface area contributed by atoms with E-state index < -0.39 is 17.9 Å². The summed E-state index contributed by atoms with van der Waals surface area (Å²) in [6.07, 6.45) is 6.12. The lowest BCUT2D eigenvalue weighted by Gasteiger charge is -2.61. The summed E-state index contributed by atoms with van der Waals surface area (Å²) in [5.74, 6) is 1.40. The van der Waals surface area contributed by atoms with Crippen LogP contribution in [0.15, 0.2) is 36.4 Å². The molecule has 3 fully saturated rings. The van der Waals surface area contributed by atoms with Crippen LogP contribution in [0.4, 0.5) is 13.2 Å². The molecule has 0 spiro atoms. The van der Waals surface area contributed by atoms with Crippen LogP contribution in [0.2, 0.25) is 0 Å². The number of aliphatic hydroxyl groups is 2. The second kappa shape index (κ2) is 10.7. The zero-order chi connectivity index (χ0) is 27.1. The van der Waals surface area contributed by atoms with Gasteiger partial charge in [0.2, 0.25) is 0 Å². The highest BCUT2D eigenvalue weighted by Crippen LogP contribution is 2.65. The summed E-state index contributed by atoms with van der Waals surface area (Å²) in [7, 11) is 0. The molecule has 1 aromatic rings. The molecule has 0 amide bonds. The molecular formula is C32H47F3O2. The number of alkyl halides is 3. The molecule has 3 aliphatic rings. The minimum Gasteiger partial charge on any atom is -0.389 e. The Morgan fingerprint density at radius 3 is 2.38 bits per heavy atom. The lowest BCUT2D eigenvalue weighted by atomic mass is 9.45. The third kappa shape index (κ3) is 5.55. The van der Waals surface area contributed by atoms with Crippen LogP contribution in [0.3, 0.4) is 0 Å². The average molecular weight is 521 g/mol. The molecule has 3 saturated carbocycles. The van der Waals surface area contributed by atoms with Gasteiger partial charge in [0.15, 0.2) is 5.60 Å². The summed E-state index contributed by atoms with van der Waals surface area (Å²) in [5, 5.41) is 21.6. The summed E-state index contributed by atoms with van der Waals surface area (Å²) < 4.78 is 40.9. The molecule has 1 aromatic carbocycles. The molecule has 0 aromatic heterocycles. The molecule has 0 saturated heterocycles. The predicted octanol–water partition coefficient (Wildman–Crippen LogP) is 8.43. The average Bonchev–Trinajstić information content (AvgIpc) is 2.85. The number of hydrogen-bond donors (Lipinski definition) is 2. The van der Waals surface area contributed by atoms with Gasteiger partial charge in [-0.3, -0.25) is 0 Å². The van der Waals surface area contributed by atoms with E-state index in [1.807, 2.05) is 42.5 Å². The molecule has 0 aliphatic heterocycles. The molecule has 5 heteroatoms. The fourth-order valence-electron chi connectivity index (χ4n) is 8.83. The lowest BCUT2D eigenvalue weighted by molar-refractivity contribution is -0.289. The topological polar surface area (TPSA) is 40.5 Å². The Bertz CT molecular complexity index is 930. The fraction of sp³-hybridized carbons (Fsp3) is 0.750. The molecule has 2 nitrogen and oxygen atoms in total. The van der Waals surface area contributed by atoms with E-state index in [4.69, 9.17) is 0 Å². The number of benzene rings is 1. The van der Waals surface area contributed by atoms with Crippen LogP contribution in [0.1, 0.15) is 97.5 Å². The van der Waals surface area contributed by atoms with Gasteiger partial charge in [0.1, 0.15) is 0 Å². The van der Waals surface area contributed by atoms with Crippen molar-refractivity contribution in [1.29, 1.82) is 0 Å². The van der Waals surface area contributed by atoms with Gasteiger partial charge >= 0.3 is 6.18 Å². The van der Waals surface area contributed by atoms with E-state index in [1.165, 1.54) is 0 Å². The number of hydrogen-bond acceptors (Lipinski definition) is 2. The van der Waals surface area contributed by atoms with E-state index in [9.17, 15) is 23.4 Å². The normalized spacial score (nSPS) is 39.0. The summed E-state index contributed by atoms with van der Waals surface area (Å²) in [6, 6.07) is 10.1. The van der Waals surface area contributed by atoms with Crippen molar-refractivity contribution >= 4 is 6.08 Å². The molecular weight excluding hydrogens is 473 g/mol. The van der Waals surface area contributed by atoms with Crippen LogP contribution in [0, 0.1) is 40.4 Å². The van der Waals surface area contributed by atoms with E-state index in [2.05, 4.69) is 27.7 Å². The zero-order valence-corrected chi connectivity index (χ0v) is 23.1. The maximum Gasteiger partial charge on any atom is 0.417 e. The lowest BCUT2D eigenvalue weighted by Crippen LogP contribution is -2.58. The molecule has 9 atom stereocenters. The Balaban J connectivity index is 1.47. The first-order chi connectivity index (χ1) is 17.3. The van der Waals surface area contributed by atoms with E-state index in [-0.39, 0.29) is 35.5 Å². The van der Waals surface area contributed by atoms with Crippen molar-refractivity contribution in [1.82, 2.24) is 0 Å². The van der Waals surface area contributed by atoms with Crippen molar-refractivity contribution in [2.75, 3.05) is 0 Å². The second-order valence-corrected chi connectivity index (χ2v) is 13.3. The van der Waals surface area contributed by atoms with Crippen molar-refractivity contribution in [2.45, 2.75) is 110 Å². The number of halogens is 3. The Hall–Kier alpha value is -1.33. The van der Waals surface area contributed by atoms with E-state index in [0.29, 0.717) is 24.2 Å². The summed E-state index contributed by atoms with van der Waals surface area (Å²) >= 11 is 0. The minimum atomic E-state index is -4.55. The summed E-state index contributed by atoms with van der Waals surface area (Å²) in [6.45, 7) is 9.04. The van der Waals surface area contributed by atoms with Crippen LogP contribution in [-0.2, 0) is 0 Å². The predicted molar refractivity (Wildman–Crippen MR) is 144 cm³/mol. The smallest absolute Gasteiger partial charge is 0.389 e. The Labute approximate surface area is 221 Å². The first-order valence-corrected chi connectivity index (χ1v) is 14.5. The van der Waals surface area contributed by atoms with Gasteiger partial charge in [0.25, 0.3) is 0 Å². The Kier molecular flexibility index (Phi) is 8.27. The number of fused-ring (bicyclic) bond motifs is 3. The highest BCUT2D eigenvalue weighted by atomic mass is 19.4. The second-order valence-electron chi connectivity index (χ2n) is 13.3. The summed E-state index contributed by atoms with van der Waals surface area (Å²) in [4.78, 5) is 0. The van der Waals surface area contributed by atoms with Crippen molar-refractivity contribution < 1.29 is 23.4 Å². The molecule has 4 rings (SSSR count). The van der Waals surface area contributed by atoms with Gasteiger partial charge in [0.05, 0.1) is 6.10 Å². The van der Waals surface area contributed by atoms with Crippen molar-refractivity contribution in [3.8, 4) is 0 Å². The van der Waals surface area contributed by atoms with Crippen LogP contribution in [-0.4, -0.2) is 28.1 Å². The molecule has 2 N–H and O–H groups in total. The van der Waals surface area contributed by atoms with Gasteiger partial charge in [-0.15, -0.1) is 0 Å². The molecule has 208 valence electrons. The van der Waals surface area contributed by atoms with Crippen LogP contribution < -0.4 is 0 Å². The third-order valence-electron chi connectivity index (χ3n) is 11.1. The molecule has 0 unspecified atom stereocenters. The molecule has 0 bridgehead atoms. The Morgan fingerprint density at radius 2 is 1.73 bits per heavy atom. The maximum atomic E-state index is 13.6. The van der Waals surface area contributed by atoms with Crippen molar-refractivity contribution in [3.05, 3.63) is 42.0 Å². The fourth-order valence-corrected chi connectivity index (χ4v) is 8.83. The largest absolute Gasteiger partial charge is 0.417 e. The standard InChI is InChI=1S/C32H47F3O2/c1-5-9-26(22(2)28(36)15-12-23-10-7-6-8-11-23)29(3)17-16-27-24(20-29)13-14-25-21-31(37,32(33,34)35)19-18-30(25,27)4/h6-8,10-12,15,22,24-28,36-37H,5,9,13-14,16-21H2,1-4H3/b15-12+/t22-,24-,25-,26+,27-,28+,29-,30-,31-/m0/s1. The Morgan fingerprint density at radius 1 is 1.03 bits per heavy atom. The first-order valence-electron chi connectivity index (χ1n) is 14.5. The number of rotatable bonds is 7. The third-order valence-corrected chi connectivity index (χ3v) is 11.1. The number of aliphatic hydroxyl groups excluding tert-OH is 1. The van der Waals surface area contributed by atoms with Gasteiger partial charge in [0, 0.05) is 0 Å². The molecule has 0 radical (unpaired) electrons. The SMILES string of the molecule is CCC[C@H]([C@H](C)[C@H](O)/C=C/c1ccccc1)[C@@]1(C)CC[C@H]2[C@@H](CC[C@H]3C[C@](O)(C(F)(F)F)CC[C@@]32C)C1. The quantitative estimate of drug-likeness (QED) is 0.379. The highest BCUT2D eigenvalue weighted by molar-refractivity contribution is 5.49. The molecule has 0 heterocycles. The maximum absolute atomic E-state index is 13.6. The summed E-state index contributed by atoms with van der Waals surface area (Å²) in [5.41, 5.74) is -1.44. The molecule has 3 aliphatic carbocycles. The monoisotopic (exact) mass is 520 g/mol. The van der Waals surface area contributed by atoms with E-state index in [1.54, 1.807) is 0 Å². The van der Waals surface area contributed by atoms with Gasteiger partial charge < -0.3 is 10.2 Å². The van der Waals surface area contributed by atoms with Crippen molar-refractivity contribution in [2.24, 2.45) is 40.4 Å². The van der Waals surface area contributed by atoms with Gasteiger partial charge in [-0.05, 0) is 104 Å². The van der Waals surface area contributed by atoms with Crippen LogP contribution >= 0.6 is 0 Å². The zero-order valence-electron chi connectivity index (χ0n) is 23.1. The van der Waals surface area contributed by atoms with Crippen LogP contribution in [0.25, 0.3) is 6.08 Å². The van der Waals surface area contributed by atoms with Gasteiger partial charge in [-0.25, -0.2) is 0 Å². The van der Waals surface area contributed by atoms with E-state index >= 15 is 0 Å². The van der Waals surface area contributed by atoms with Crippen molar-refractivity contribution in [3.63, 3.8) is 0 Å². The van der Waals surface area contributed by atoms with E-state index in [0.717, 1.165) is 50.5 Å². The minimum absolute atomic E-state index is 0.0613. The first kappa shape index (κ1) is 28.7. The molecule has 37 heavy (non-hydrogen) atoms. The van der Waals surface area contributed by atoms with Crippen LogP contribution in [0.5, 0.6) is 0 Å².